The Bertz CT molecular complexity index is 8790. The lowest BCUT2D eigenvalue weighted by molar-refractivity contribution is 0.668. The topological polar surface area (TPSA) is 155 Å². The molecule has 0 amide bonds. The van der Waals surface area contributed by atoms with Crippen LogP contribution in [0.25, 0.3) is 256 Å². The van der Waals surface area contributed by atoms with Crippen molar-refractivity contribution in [1.29, 1.82) is 0 Å². The van der Waals surface area contributed by atoms with Gasteiger partial charge in [0.1, 0.15) is 33.5 Å². The van der Waals surface area contributed by atoms with E-state index in [2.05, 4.69) is 309 Å². The largest absolute Gasteiger partial charge is 0.456 e. The Morgan fingerprint density at radius 1 is 0.120 bits per heavy atom. The first-order valence-corrected chi connectivity index (χ1v) is 44.3. The molecule has 133 heavy (non-hydrogen) atoms. The molecule has 26 rings (SSSR count). The third kappa shape index (κ3) is 15.5. The maximum atomic E-state index is 6.32. The number of benzene rings is 20. The van der Waals surface area contributed by atoms with Gasteiger partial charge in [-0.1, -0.05) is 376 Å². The van der Waals surface area contributed by atoms with Crippen molar-refractivity contribution < 1.29 is 13.3 Å². The number of nitrogens with zero attached hydrogens (tertiary/aromatic N) is 9. The summed E-state index contributed by atoms with van der Waals surface area (Å²) >= 11 is 0. The van der Waals surface area contributed by atoms with Crippen molar-refractivity contribution in [2.45, 2.75) is 0 Å². The number of fused-ring (bicyclic) bond motifs is 13. The Kier molecular flexibility index (Phi) is 20.0. The molecule has 20 aromatic carbocycles. The lowest BCUT2D eigenvalue weighted by atomic mass is 10.00. The first-order valence-electron chi connectivity index (χ1n) is 44.3. The van der Waals surface area contributed by atoms with Crippen LogP contribution in [0.4, 0.5) is 0 Å². The summed E-state index contributed by atoms with van der Waals surface area (Å²) in [7, 11) is 0. The van der Waals surface area contributed by atoms with Crippen LogP contribution < -0.4 is 0 Å². The van der Waals surface area contributed by atoms with Gasteiger partial charge in [0, 0.05) is 76.8 Å². The summed E-state index contributed by atoms with van der Waals surface area (Å²) in [5.41, 5.74) is 22.4. The highest BCUT2D eigenvalue weighted by molar-refractivity contribution is 6.10. The highest BCUT2D eigenvalue weighted by Crippen LogP contribution is 2.41. The standard InChI is InChI=1S/C47H29N3O.2C37H23N3O/c1-3-9-36-27-38(23-17-30(36)7-1)32-13-19-34(20-14-32)45-48-46(35-21-15-33(16-22-35)39-24-18-31-8-2-4-10-37(31)28-39)50-47(49-45)40-25-26-42-41-11-5-6-12-43(41)51-44(42)29-40;1-2-10-26(11-3-1)35-38-36(27-20-17-25(18-21-27)29-22-19-24-9-4-5-12-28(24)23-29)40-37(39-35)32-15-8-14-31-30-13-6-7-16-33(30)41-34(31)32;1-2-9-26(10-3-1)35-38-36(27-17-14-25(15-18-27)29-19-16-24-8-4-5-11-28(24)22-29)40-37(39-35)30-20-21-34-32(23-30)31-12-6-7-13-33(31)41-34/h1-29H;2*1-23H. The number of furan rings is 3. The molecule has 0 fully saturated rings. The highest BCUT2D eigenvalue weighted by atomic mass is 16.3. The second kappa shape index (κ2) is 33.9. The monoisotopic (exact) mass is 1700 g/mol. The van der Waals surface area contributed by atoms with Gasteiger partial charge < -0.3 is 13.3 Å². The van der Waals surface area contributed by atoms with E-state index in [1.54, 1.807) is 0 Å². The van der Waals surface area contributed by atoms with Crippen LogP contribution in [0.2, 0.25) is 0 Å². The van der Waals surface area contributed by atoms with Crippen molar-refractivity contribution in [1.82, 2.24) is 44.9 Å². The minimum absolute atomic E-state index is 0.581. The zero-order valence-electron chi connectivity index (χ0n) is 71.6. The molecule has 12 heteroatoms. The van der Waals surface area contributed by atoms with Crippen molar-refractivity contribution in [2.75, 3.05) is 0 Å². The highest BCUT2D eigenvalue weighted by Gasteiger charge is 2.22. The summed E-state index contributed by atoms with van der Waals surface area (Å²) in [5, 5.41) is 16.2. The molecule has 0 bridgehead atoms. The number of hydrogen-bond donors (Lipinski definition) is 0. The molecule has 0 aliphatic heterocycles. The van der Waals surface area contributed by atoms with Gasteiger partial charge in [0.15, 0.2) is 52.4 Å². The van der Waals surface area contributed by atoms with E-state index in [9.17, 15) is 0 Å². The quantitative estimate of drug-likeness (QED) is 0.108. The molecule has 0 saturated heterocycles. The van der Waals surface area contributed by atoms with E-state index in [0.717, 1.165) is 138 Å². The summed E-state index contributed by atoms with van der Waals surface area (Å²) in [6, 6.07) is 157. The van der Waals surface area contributed by atoms with Crippen molar-refractivity contribution >= 4 is 109 Å². The molecule has 0 saturated carbocycles. The molecule has 0 aliphatic rings. The molecule has 0 N–H and O–H groups in total. The molecular weight excluding hydrogens is 1630 g/mol. The van der Waals surface area contributed by atoms with E-state index < -0.39 is 0 Å². The predicted octanol–water partition coefficient (Wildman–Crippen LogP) is 31.6. The van der Waals surface area contributed by atoms with Crippen LogP contribution in [0.1, 0.15) is 0 Å². The van der Waals surface area contributed by atoms with Crippen LogP contribution in [-0.4, -0.2) is 44.9 Å². The van der Waals surface area contributed by atoms with Crippen LogP contribution in [0, 0.1) is 0 Å². The number of hydrogen-bond acceptors (Lipinski definition) is 12. The normalized spacial score (nSPS) is 11.5. The first kappa shape index (κ1) is 78.4. The molecule has 0 aliphatic carbocycles. The molecule has 0 atom stereocenters. The lowest BCUT2D eigenvalue weighted by Crippen LogP contribution is -2.00. The van der Waals surface area contributed by atoms with Crippen LogP contribution in [0.15, 0.2) is 468 Å². The van der Waals surface area contributed by atoms with Gasteiger partial charge in [-0.3, -0.25) is 0 Å². The third-order valence-corrected chi connectivity index (χ3v) is 24.8. The van der Waals surface area contributed by atoms with Crippen LogP contribution >= 0.6 is 0 Å². The summed E-state index contributed by atoms with van der Waals surface area (Å²) in [6.45, 7) is 0. The molecule has 6 heterocycles. The molecule has 26 aromatic rings. The van der Waals surface area contributed by atoms with E-state index in [0.29, 0.717) is 52.4 Å². The summed E-state index contributed by atoms with van der Waals surface area (Å²) < 4.78 is 18.6. The number of aromatic nitrogens is 9. The first-order chi connectivity index (χ1) is 65.8. The Morgan fingerprint density at radius 3 is 0.759 bits per heavy atom. The molecule has 0 spiro atoms. The van der Waals surface area contributed by atoms with Crippen molar-refractivity contribution in [2.24, 2.45) is 0 Å². The van der Waals surface area contributed by atoms with Gasteiger partial charge in [-0.15, -0.1) is 0 Å². The smallest absolute Gasteiger partial charge is 0.167 e. The zero-order chi connectivity index (χ0) is 88.1. The van der Waals surface area contributed by atoms with E-state index in [-0.39, 0.29) is 0 Å². The van der Waals surface area contributed by atoms with Crippen LogP contribution in [0.5, 0.6) is 0 Å². The van der Waals surface area contributed by atoms with E-state index in [1.165, 1.54) is 65.3 Å². The fraction of sp³-hybridized carbons (Fsp3) is 0. The minimum Gasteiger partial charge on any atom is -0.456 e. The van der Waals surface area contributed by atoms with Crippen LogP contribution in [0.3, 0.4) is 0 Å². The third-order valence-electron chi connectivity index (χ3n) is 24.8. The summed E-state index contributed by atoms with van der Waals surface area (Å²) in [6.07, 6.45) is 0. The maximum Gasteiger partial charge on any atom is 0.167 e. The van der Waals surface area contributed by atoms with Gasteiger partial charge in [0.25, 0.3) is 0 Å². The lowest BCUT2D eigenvalue weighted by Gasteiger charge is -2.10. The second-order valence-corrected chi connectivity index (χ2v) is 33.1. The minimum atomic E-state index is 0.581. The maximum absolute atomic E-state index is 6.32. The molecule has 6 aromatic heterocycles. The number of para-hydroxylation sites is 4. The number of rotatable bonds is 13. The van der Waals surface area contributed by atoms with Gasteiger partial charge >= 0.3 is 0 Å². The molecule has 0 radical (unpaired) electrons. The van der Waals surface area contributed by atoms with E-state index in [4.69, 9.17) is 58.1 Å². The molecular formula is C121H75N9O3. The Balaban J connectivity index is 0.000000111. The fourth-order valence-electron chi connectivity index (χ4n) is 17.8. The molecule has 12 nitrogen and oxygen atoms in total. The Morgan fingerprint density at radius 2 is 0.368 bits per heavy atom. The molecule has 622 valence electrons. The van der Waals surface area contributed by atoms with Crippen LogP contribution in [-0.2, 0) is 0 Å². The van der Waals surface area contributed by atoms with E-state index in [1.807, 2.05) is 146 Å². The van der Waals surface area contributed by atoms with Gasteiger partial charge in [0.05, 0.1) is 5.56 Å². The fourth-order valence-corrected chi connectivity index (χ4v) is 17.8. The predicted molar refractivity (Wildman–Crippen MR) is 542 cm³/mol. The average Bonchev–Trinajstić information content (AvgIpc) is 1.64. The summed E-state index contributed by atoms with van der Waals surface area (Å²) in [4.78, 5) is 44.7. The van der Waals surface area contributed by atoms with Crippen molar-refractivity contribution in [3.05, 3.63) is 455 Å². The molecule has 0 unspecified atom stereocenters. The van der Waals surface area contributed by atoms with Crippen molar-refractivity contribution in [3.8, 4) is 147 Å². The summed E-state index contributed by atoms with van der Waals surface area (Å²) in [5.74, 6) is 5.54. The average molecular weight is 1700 g/mol. The second-order valence-electron chi connectivity index (χ2n) is 33.1. The van der Waals surface area contributed by atoms with Gasteiger partial charge in [-0.2, -0.15) is 0 Å². The van der Waals surface area contributed by atoms with Gasteiger partial charge in [0.2, 0.25) is 0 Å². The Hall–Kier alpha value is -18.1. The Labute approximate surface area is 763 Å². The van der Waals surface area contributed by atoms with Crippen molar-refractivity contribution in [3.63, 3.8) is 0 Å². The van der Waals surface area contributed by atoms with Gasteiger partial charge in [-0.25, -0.2) is 44.9 Å². The van der Waals surface area contributed by atoms with Gasteiger partial charge in [-0.05, 0) is 166 Å². The van der Waals surface area contributed by atoms with E-state index >= 15 is 0 Å². The zero-order valence-corrected chi connectivity index (χ0v) is 71.6. The SMILES string of the molecule is c1ccc(-c2nc(-c3ccc(-c4ccc5ccccc5c4)cc3)nc(-c3ccc4oc5ccccc5c4c3)n2)cc1.c1ccc(-c2nc(-c3ccc(-c4ccc5ccccc5c4)cc3)nc(-c3cccc4c3oc3ccccc34)n2)cc1.c1ccc2cc(-c3ccc(-c4nc(-c5ccc(-c6ccc7ccccc7c6)cc5)nc(-c5ccc6c(c5)oc5ccccc56)n4)cc3)ccc2c1.